The summed E-state index contributed by atoms with van der Waals surface area (Å²) in [5.74, 6) is 0. The summed E-state index contributed by atoms with van der Waals surface area (Å²) in [4.78, 5) is 0. The first-order valence-electron chi connectivity index (χ1n) is 6.85. The van der Waals surface area contributed by atoms with Gasteiger partial charge < -0.3 is 0 Å². The molecular formula is C17H18N2. The van der Waals surface area contributed by atoms with E-state index >= 15 is 0 Å². The molecule has 0 atom stereocenters. The molecule has 0 radical (unpaired) electrons. The van der Waals surface area contributed by atoms with Crippen LogP contribution in [0.3, 0.4) is 0 Å². The molecule has 1 aliphatic heterocycles. The van der Waals surface area contributed by atoms with Gasteiger partial charge in [-0.15, -0.1) is 0 Å². The number of nitrogens with zero attached hydrogens (tertiary/aromatic N) is 2. The minimum atomic E-state index is 0.975. The Bertz CT molecular complexity index is 584. The van der Waals surface area contributed by atoms with Gasteiger partial charge >= 0.3 is 0 Å². The van der Waals surface area contributed by atoms with Crippen molar-refractivity contribution in [1.29, 1.82) is 0 Å². The second-order valence-corrected chi connectivity index (χ2v) is 4.84. The maximum Gasteiger partial charge on any atom is 0.0626 e. The van der Waals surface area contributed by atoms with Gasteiger partial charge in [-0.25, -0.2) is 0 Å². The number of para-hydroxylation sites is 1. The zero-order valence-corrected chi connectivity index (χ0v) is 11.2. The van der Waals surface area contributed by atoms with Gasteiger partial charge in [-0.1, -0.05) is 49.4 Å². The summed E-state index contributed by atoms with van der Waals surface area (Å²) < 4.78 is 0. The van der Waals surface area contributed by atoms with Gasteiger partial charge in [-0.05, 0) is 35.6 Å². The van der Waals surface area contributed by atoms with E-state index in [1.54, 1.807) is 0 Å². The summed E-state index contributed by atoms with van der Waals surface area (Å²) in [6.07, 6.45) is 4.11. The van der Waals surface area contributed by atoms with E-state index < -0.39 is 0 Å². The first-order valence-corrected chi connectivity index (χ1v) is 6.85. The van der Waals surface area contributed by atoms with E-state index in [0.29, 0.717) is 0 Å². The van der Waals surface area contributed by atoms with E-state index in [0.717, 1.165) is 24.9 Å². The highest BCUT2D eigenvalue weighted by Crippen LogP contribution is 2.27. The molecule has 96 valence electrons. The third kappa shape index (κ3) is 2.53. The molecule has 0 N–H and O–H groups in total. The van der Waals surface area contributed by atoms with Crippen molar-refractivity contribution in [2.45, 2.75) is 19.8 Å². The lowest BCUT2D eigenvalue weighted by molar-refractivity contribution is 0.896. The van der Waals surface area contributed by atoms with E-state index in [-0.39, 0.29) is 0 Å². The van der Waals surface area contributed by atoms with Crippen LogP contribution in [0, 0.1) is 0 Å². The van der Waals surface area contributed by atoms with E-state index in [4.69, 9.17) is 0 Å². The Hall–Kier alpha value is -2.09. The number of benzene rings is 2. The molecule has 0 fully saturated rings. The molecule has 2 aromatic carbocycles. The van der Waals surface area contributed by atoms with Gasteiger partial charge in [0.1, 0.15) is 0 Å². The molecule has 1 aliphatic rings. The van der Waals surface area contributed by atoms with Crippen LogP contribution in [-0.2, 0) is 12.8 Å². The van der Waals surface area contributed by atoms with Crippen LogP contribution in [-0.4, -0.2) is 12.8 Å². The Balaban J connectivity index is 1.76. The second-order valence-electron chi connectivity index (χ2n) is 4.84. The van der Waals surface area contributed by atoms with Crippen LogP contribution in [0.1, 0.15) is 23.6 Å². The third-order valence-electron chi connectivity index (χ3n) is 3.60. The highest BCUT2D eigenvalue weighted by Gasteiger charge is 2.16. The lowest BCUT2D eigenvalue weighted by Crippen LogP contribution is -2.12. The minimum absolute atomic E-state index is 0.975. The Kier molecular flexibility index (Phi) is 3.32. The van der Waals surface area contributed by atoms with Gasteiger partial charge in [-0.3, -0.25) is 5.01 Å². The number of aryl methyl sites for hydroxylation is 1. The summed E-state index contributed by atoms with van der Waals surface area (Å²) in [7, 11) is 0. The van der Waals surface area contributed by atoms with Crippen LogP contribution >= 0.6 is 0 Å². The third-order valence-corrected chi connectivity index (χ3v) is 3.60. The van der Waals surface area contributed by atoms with Crippen molar-refractivity contribution in [2.75, 3.05) is 11.6 Å². The monoisotopic (exact) mass is 250 g/mol. The molecule has 0 saturated carbocycles. The van der Waals surface area contributed by atoms with E-state index in [9.17, 15) is 0 Å². The quantitative estimate of drug-likeness (QED) is 0.759. The summed E-state index contributed by atoms with van der Waals surface area (Å²) in [5, 5.41) is 6.68. The fraction of sp³-hybridized carbons (Fsp3) is 0.235. The van der Waals surface area contributed by atoms with Crippen molar-refractivity contribution in [3.63, 3.8) is 0 Å². The number of rotatable bonds is 3. The highest BCUT2D eigenvalue weighted by atomic mass is 15.5. The topological polar surface area (TPSA) is 15.6 Å². The number of hydrogen-bond donors (Lipinski definition) is 0. The molecule has 0 bridgehead atoms. The smallest absolute Gasteiger partial charge is 0.0626 e. The molecule has 3 rings (SSSR count). The zero-order valence-electron chi connectivity index (χ0n) is 11.2. The van der Waals surface area contributed by atoms with Crippen molar-refractivity contribution >= 4 is 11.9 Å². The lowest BCUT2D eigenvalue weighted by Gasteiger charge is -2.11. The maximum absolute atomic E-state index is 4.60. The van der Waals surface area contributed by atoms with Crippen LogP contribution in [0.15, 0.2) is 53.6 Å². The summed E-state index contributed by atoms with van der Waals surface area (Å²) in [6.45, 7) is 3.15. The Morgan fingerprint density at radius 1 is 1.11 bits per heavy atom. The van der Waals surface area contributed by atoms with Gasteiger partial charge in [0.25, 0.3) is 0 Å². The molecule has 19 heavy (non-hydrogen) atoms. The summed E-state index contributed by atoms with van der Waals surface area (Å²) in [5.41, 5.74) is 5.15. The van der Waals surface area contributed by atoms with Crippen LogP contribution in [0.25, 0.3) is 0 Å². The van der Waals surface area contributed by atoms with Crippen molar-refractivity contribution in [2.24, 2.45) is 5.10 Å². The molecule has 0 amide bonds. The van der Waals surface area contributed by atoms with Crippen LogP contribution in [0.2, 0.25) is 0 Å². The Morgan fingerprint density at radius 2 is 1.89 bits per heavy atom. The first-order chi connectivity index (χ1) is 9.36. The second kappa shape index (κ2) is 5.27. The molecule has 0 aromatic heterocycles. The van der Waals surface area contributed by atoms with Gasteiger partial charge in [0.05, 0.1) is 11.9 Å². The molecule has 0 unspecified atom stereocenters. The van der Waals surface area contributed by atoms with Crippen LogP contribution in [0.4, 0.5) is 5.69 Å². The largest absolute Gasteiger partial charge is 0.265 e. The van der Waals surface area contributed by atoms with Crippen molar-refractivity contribution in [3.8, 4) is 0 Å². The Morgan fingerprint density at radius 3 is 2.68 bits per heavy atom. The average Bonchev–Trinajstić information content (AvgIpc) is 2.89. The van der Waals surface area contributed by atoms with E-state index in [1.807, 2.05) is 6.21 Å². The van der Waals surface area contributed by atoms with Gasteiger partial charge in [0.15, 0.2) is 0 Å². The fourth-order valence-corrected chi connectivity index (χ4v) is 2.42. The van der Waals surface area contributed by atoms with Crippen molar-refractivity contribution in [3.05, 3.63) is 65.2 Å². The van der Waals surface area contributed by atoms with Crippen molar-refractivity contribution in [1.82, 2.24) is 0 Å². The molecular weight excluding hydrogens is 232 g/mol. The molecule has 2 nitrogen and oxygen atoms in total. The normalized spacial score (nSPS) is 14.1. The molecule has 0 saturated heterocycles. The van der Waals surface area contributed by atoms with E-state index in [2.05, 4.69) is 65.6 Å². The lowest BCUT2D eigenvalue weighted by atomic mass is 10.1. The van der Waals surface area contributed by atoms with Crippen LogP contribution < -0.4 is 5.01 Å². The summed E-state index contributed by atoms with van der Waals surface area (Å²) >= 11 is 0. The molecule has 0 spiro atoms. The average molecular weight is 250 g/mol. The standard InChI is InChI=1S/C17H18N2/c1-2-14-7-9-15(10-8-14)13-18-19-12-11-16-5-3-4-6-17(16)19/h3-10,13H,2,11-12H2,1H3. The molecule has 0 aliphatic carbocycles. The zero-order chi connectivity index (χ0) is 13.1. The highest BCUT2D eigenvalue weighted by molar-refractivity contribution is 5.80. The minimum Gasteiger partial charge on any atom is -0.265 e. The molecule has 1 heterocycles. The number of hydrogen-bond acceptors (Lipinski definition) is 2. The van der Waals surface area contributed by atoms with Gasteiger partial charge in [-0.2, -0.15) is 5.10 Å². The fourth-order valence-electron chi connectivity index (χ4n) is 2.42. The number of fused-ring (bicyclic) bond motifs is 1. The predicted molar refractivity (Wildman–Crippen MR) is 80.9 cm³/mol. The van der Waals surface area contributed by atoms with Crippen molar-refractivity contribution < 1.29 is 0 Å². The predicted octanol–water partition coefficient (Wildman–Crippen LogP) is 3.65. The maximum atomic E-state index is 4.60. The SMILES string of the molecule is CCc1ccc(C=NN2CCc3ccccc32)cc1. The summed E-state index contributed by atoms with van der Waals surface area (Å²) in [6, 6.07) is 17.1. The Labute approximate surface area is 114 Å². The number of hydrazone groups is 1. The molecule has 2 aromatic rings. The van der Waals surface area contributed by atoms with E-state index in [1.165, 1.54) is 16.8 Å². The number of anilines is 1. The molecule has 2 heteroatoms. The van der Waals surface area contributed by atoms with Gasteiger partial charge in [0.2, 0.25) is 0 Å². The van der Waals surface area contributed by atoms with Gasteiger partial charge in [0, 0.05) is 6.54 Å². The first kappa shape index (κ1) is 12.0. The van der Waals surface area contributed by atoms with Crippen LogP contribution in [0.5, 0.6) is 0 Å².